The van der Waals surface area contributed by atoms with Crippen LogP contribution in [0, 0.1) is 0 Å². The second kappa shape index (κ2) is 5.47. The summed E-state index contributed by atoms with van der Waals surface area (Å²) in [6.07, 6.45) is -3.49. The number of carbonyl (C=O) groups is 1. The van der Waals surface area contributed by atoms with E-state index in [-0.39, 0.29) is 5.56 Å². The maximum Gasteiger partial charge on any atom is 0.573 e. The Morgan fingerprint density at radius 3 is 2.62 bits per heavy atom. The van der Waals surface area contributed by atoms with Gasteiger partial charge in [0.1, 0.15) is 11.3 Å². The second-order valence-electron chi connectivity index (χ2n) is 4.02. The van der Waals surface area contributed by atoms with Crippen LogP contribution in [-0.4, -0.2) is 31.5 Å². The van der Waals surface area contributed by atoms with Crippen LogP contribution in [0.4, 0.5) is 18.9 Å². The molecule has 5 nitrogen and oxygen atoms in total. The van der Waals surface area contributed by atoms with Gasteiger partial charge in [0.25, 0.3) is 0 Å². The highest BCUT2D eigenvalue weighted by molar-refractivity contribution is 6.05. The zero-order chi connectivity index (χ0) is 15.6. The fourth-order valence-electron chi connectivity index (χ4n) is 1.90. The number of pyridine rings is 1. The normalized spacial score (nSPS) is 11.3. The van der Waals surface area contributed by atoms with Crippen LogP contribution in [0.3, 0.4) is 0 Å². The molecule has 1 aromatic heterocycles. The first-order valence-electron chi connectivity index (χ1n) is 5.80. The van der Waals surface area contributed by atoms with Crippen LogP contribution >= 0.6 is 0 Å². The van der Waals surface area contributed by atoms with E-state index in [1.54, 1.807) is 7.05 Å². The van der Waals surface area contributed by atoms with Crippen molar-refractivity contribution in [2.45, 2.75) is 6.36 Å². The standard InChI is InChI=1S/C13H11F3N2O3/c1-17-11-8-5-7(21-13(14,15)16)3-4-10(8)18-6-9(11)12(19)20-2/h3-6H,1-2H3,(H,17,18). The highest BCUT2D eigenvalue weighted by Gasteiger charge is 2.31. The number of carbonyl (C=O) groups excluding carboxylic acids is 1. The summed E-state index contributed by atoms with van der Waals surface area (Å²) >= 11 is 0. The Bertz CT molecular complexity index is 686. The Balaban J connectivity index is 2.60. The lowest BCUT2D eigenvalue weighted by atomic mass is 10.1. The van der Waals surface area contributed by atoms with Crippen LogP contribution in [0.25, 0.3) is 10.9 Å². The number of esters is 1. The van der Waals surface area contributed by atoms with E-state index in [9.17, 15) is 18.0 Å². The zero-order valence-corrected chi connectivity index (χ0v) is 11.1. The lowest BCUT2D eigenvalue weighted by Gasteiger charge is -2.13. The van der Waals surface area contributed by atoms with Crippen LogP contribution in [-0.2, 0) is 4.74 Å². The molecule has 0 aliphatic rings. The van der Waals surface area contributed by atoms with Gasteiger partial charge in [0, 0.05) is 18.6 Å². The van der Waals surface area contributed by atoms with Crippen molar-refractivity contribution in [2.75, 3.05) is 19.5 Å². The van der Waals surface area contributed by atoms with Crippen LogP contribution in [0.15, 0.2) is 24.4 Å². The number of nitrogens with zero attached hydrogens (tertiary/aromatic N) is 1. The summed E-state index contributed by atoms with van der Waals surface area (Å²) in [5.74, 6) is -1.04. The first-order valence-corrected chi connectivity index (χ1v) is 5.80. The Kier molecular flexibility index (Phi) is 3.88. The number of alkyl halides is 3. The summed E-state index contributed by atoms with van der Waals surface area (Å²) in [4.78, 5) is 15.7. The number of fused-ring (bicyclic) bond motifs is 1. The number of hydrogen-bond acceptors (Lipinski definition) is 5. The molecule has 2 rings (SSSR count). The van der Waals surface area contributed by atoms with Gasteiger partial charge in [0.2, 0.25) is 0 Å². The third-order valence-corrected chi connectivity index (χ3v) is 2.73. The fraction of sp³-hybridized carbons (Fsp3) is 0.231. The topological polar surface area (TPSA) is 60.5 Å². The minimum absolute atomic E-state index is 0.122. The molecule has 112 valence electrons. The van der Waals surface area contributed by atoms with E-state index in [1.165, 1.54) is 19.4 Å². The molecule has 0 unspecified atom stereocenters. The summed E-state index contributed by atoms with van der Waals surface area (Å²) in [6, 6.07) is 3.69. The number of aromatic nitrogens is 1. The van der Waals surface area contributed by atoms with Crippen molar-refractivity contribution in [3.63, 3.8) is 0 Å². The maximum absolute atomic E-state index is 12.3. The molecule has 2 aromatic rings. The van der Waals surface area contributed by atoms with E-state index < -0.39 is 18.1 Å². The average Bonchev–Trinajstić information content (AvgIpc) is 2.43. The smallest absolute Gasteiger partial charge is 0.465 e. The number of halogens is 3. The second-order valence-corrected chi connectivity index (χ2v) is 4.02. The third kappa shape index (κ3) is 3.15. The predicted octanol–water partition coefficient (Wildman–Crippen LogP) is 2.96. The van der Waals surface area contributed by atoms with Gasteiger partial charge >= 0.3 is 12.3 Å². The van der Waals surface area contributed by atoms with E-state index in [2.05, 4.69) is 19.8 Å². The minimum Gasteiger partial charge on any atom is -0.465 e. The summed E-state index contributed by atoms with van der Waals surface area (Å²) in [5, 5.41) is 3.09. The number of benzene rings is 1. The van der Waals surface area contributed by atoms with Gasteiger partial charge in [-0.15, -0.1) is 13.2 Å². The molecule has 0 bridgehead atoms. The Morgan fingerprint density at radius 1 is 1.33 bits per heavy atom. The van der Waals surface area contributed by atoms with Gasteiger partial charge in [-0.3, -0.25) is 4.98 Å². The first kappa shape index (κ1) is 14.9. The molecule has 8 heteroatoms. The fourth-order valence-corrected chi connectivity index (χ4v) is 1.90. The van der Waals surface area contributed by atoms with E-state index in [0.29, 0.717) is 16.6 Å². The van der Waals surface area contributed by atoms with Gasteiger partial charge in [-0.2, -0.15) is 0 Å². The molecule has 0 radical (unpaired) electrons. The number of nitrogens with one attached hydrogen (secondary N) is 1. The summed E-state index contributed by atoms with van der Waals surface area (Å²) in [5.41, 5.74) is 0.859. The van der Waals surface area contributed by atoms with Gasteiger partial charge in [-0.05, 0) is 18.2 Å². The monoisotopic (exact) mass is 300 g/mol. The van der Waals surface area contributed by atoms with Crippen LogP contribution in [0.2, 0.25) is 0 Å². The zero-order valence-electron chi connectivity index (χ0n) is 11.1. The predicted molar refractivity (Wildman–Crippen MR) is 69.3 cm³/mol. The first-order chi connectivity index (χ1) is 9.85. The van der Waals surface area contributed by atoms with E-state index in [4.69, 9.17) is 0 Å². The SMILES string of the molecule is CNc1c(C(=O)OC)cnc2ccc(OC(F)(F)F)cc12. The molecule has 0 aliphatic carbocycles. The van der Waals surface area contributed by atoms with Crippen molar-refractivity contribution in [2.24, 2.45) is 0 Å². The number of hydrogen-bond donors (Lipinski definition) is 1. The van der Waals surface area contributed by atoms with Gasteiger partial charge in [-0.25, -0.2) is 4.79 Å². The summed E-state index contributed by atoms with van der Waals surface area (Å²) < 4.78 is 45.2. The number of ether oxygens (including phenoxy) is 2. The third-order valence-electron chi connectivity index (χ3n) is 2.73. The van der Waals surface area contributed by atoms with Crippen LogP contribution in [0.1, 0.15) is 10.4 Å². The molecule has 0 atom stereocenters. The molecular formula is C13H11F3N2O3. The highest BCUT2D eigenvalue weighted by atomic mass is 19.4. The van der Waals surface area contributed by atoms with Crippen molar-refractivity contribution < 1.29 is 27.4 Å². The van der Waals surface area contributed by atoms with Gasteiger partial charge in [0.05, 0.1) is 18.3 Å². The largest absolute Gasteiger partial charge is 0.573 e. The molecule has 0 fully saturated rings. The van der Waals surface area contributed by atoms with Crippen molar-refractivity contribution in [3.8, 4) is 5.75 Å². The van der Waals surface area contributed by atoms with Crippen LogP contribution < -0.4 is 10.1 Å². The molecule has 0 amide bonds. The molecule has 1 aromatic carbocycles. The number of methoxy groups -OCH3 is 1. The van der Waals surface area contributed by atoms with Crippen molar-refractivity contribution >= 4 is 22.6 Å². The van der Waals surface area contributed by atoms with E-state index >= 15 is 0 Å². The quantitative estimate of drug-likeness (QED) is 0.883. The van der Waals surface area contributed by atoms with Crippen molar-refractivity contribution in [1.29, 1.82) is 0 Å². The van der Waals surface area contributed by atoms with E-state index in [0.717, 1.165) is 12.1 Å². The summed E-state index contributed by atoms with van der Waals surface area (Å²) in [6.45, 7) is 0. The lowest BCUT2D eigenvalue weighted by Crippen LogP contribution is -2.17. The molecule has 0 spiro atoms. The van der Waals surface area contributed by atoms with Gasteiger partial charge in [-0.1, -0.05) is 0 Å². The molecule has 0 aliphatic heterocycles. The van der Waals surface area contributed by atoms with Crippen molar-refractivity contribution in [1.82, 2.24) is 4.98 Å². The van der Waals surface area contributed by atoms with Gasteiger partial charge < -0.3 is 14.8 Å². The Morgan fingerprint density at radius 2 is 2.05 bits per heavy atom. The Labute approximate surface area is 117 Å². The van der Waals surface area contributed by atoms with Crippen molar-refractivity contribution in [3.05, 3.63) is 30.0 Å². The number of rotatable bonds is 3. The maximum atomic E-state index is 12.3. The van der Waals surface area contributed by atoms with Crippen LogP contribution in [0.5, 0.6) is 5.75 Å². The lowest BCUT2D eigenvalue weighted by molar-refractivity contribution is -0.274. The molecular weight excluding hydrogens is 289 g/mol. The highest BCUT2D eigenvalue weighted by Crippen LogP contribution is 2.31. The summed E-state index contributed by atoms with van der Waals surface area (Å²) in [7, 11) is 2.74. The van der Waals surface area contributed by atoms with Gasteiger partial charge in [0.15, 0.2) is 0 Å². The Hall–Kier alpha value is -2.51. The molecule has 21 heavy (non-hydrogen) atoms. The molecule has 0 saturated heterocycles. The molecule has 1 N–H and O–H groups in total. The number of anilines is 1. The molecule has 1 heterocycles. The van der Waals surface area contributed by atoms with E-state index in [1.807, 2.05) is 0 Å². The minimum atomic E-state index is -4.79. The average molecular weight is 300 g/mol. The molecule has 0 saturated carbocycles.